The van der Waals surface area contributed by atoms with E-state index >= 15 is 0 Å². The van der Waals surface area contributed by atoms with Crippen molar-refractivity contribution < 1.29 is 9.53 Å². The monoisotopic (exact) mass is 273 g/mol. The maximum Gasteiger partial charge on any atom is 0.340 e. The van der Waals surface area contributed by atoms with Crippen LogP contribution in [0.4, 0.5) is 5.69 Å². The van der Waals surface area contributed by atoms with Crippen LogP contribution in [-0.4, -0.2) is 18.8 Å². The molecule has 17 heavy (non-hydrogen) atoms. The molecular formula is C12H16ClNO2S. The zero-order chi connectivity index (χ0) is 12.8. The third-order valence-corrected chi connectivity index (χ3v) is 3.15. The zero-order valence-electron chi connectivity index (χ0n) is 9.96. The summed E-state index contributed by atoms with van der Waals surface area (Å²) in [5.74, 6) is 0.314. The Morgan fingerprint density at radius 3 is 2.82 bits per heavy atom. The third kappa shape index (κ3) is 3.54. The molecular weight excluding hydrogens is 258 g/mol. The number of hydrogen-bond acceptors (Lipinski definition) is 4. The summed E-state index contributed by atoms with van der Waals surface area (Å²) in [4.78, 5) is 11.9. The van der Waals surface area contributed by atoms with E-state index in [9.17, 15) is 4.79 Å². The summed E-state index contributed by atoms with van der Waals surface area (Å²) in [5, 5.41) is 0.387. The van der Waals surface area contributed by atoms with E-state index in [1.807, 2.05) is 19.2 Å². The van der Waals surface area contributed by atoms with Crippen LogP contribution in [-0.2, 0) is 10.5 Å². The molecule has 0 amide bonds. The number of halogens is 1. The summed E-state index contributed by atoms with van der Waals surface area (Å²) >= 11 is 7.54. The second-order valence-corrected chi connectivity index (χ2v) is 4.84. The number of carbonyl (C=O) groups excluding carboxylic acids is 1. The van der Waals surface area contributed by atoms with Gasteiger partial charge in [-0.15, -0.1) is 0 Å². The SMILES string of the molecule is CCCOC(=O)c1c(CSC)ccc(Cl)c1N. The Bertz CT molecular complexity index is 410. The Morgan fingerprint density at radius 1 is 1.53 bits per heavy atom. The standard InChI is InChI=1S/C12H16ClNO2S/c1-3-6-16-12(15)10-8(7-17-2)4-5-9(13)11(10)14/h4-5H,3,6-7,14H2,1-2H3. The smallest absolute Gasteiger partial charge is 0.340 e. The van der Waals surface area contributed by atoms with Gasteiger partial charge < -0.3 is 10.5 Å². The van der Waals surface area contributed by atoms with Gasteiger partial charge in [-0.05, 0) is 24.3 Å². The van der Waals surface area contributed by atoms with Crippen LogP contribution in [0.1, 0.15) is 29.3 Å². The summed E-state index contributed by atoms with van der Waals surface area (Å²) < 4.78 is 5.11. The van der Waals surface area contributed by atoms with Crippen LogP contribution in [0.25, 0.3) is 0 Å². The maximum absolute atomic E-state index is 11.9. The first-order valence-electron chi connectivity index (χ1n) is 5.34. The number of anilines is 1. The molecule has 3 nitrogen and oxygen atoms in total. The molecule has 1 aromatic carbocycles. The van der Waals surface area contributed by atoms with Gasteiger partial charge in [-0.25, -0.2) is 4.79 Å². The van der Waals surface area contributed by atoms with E-state index in [1.54, 1.807) is 17.8 Å². The fourth-order valence-corrected chi connectivity index (χ4v) is 2.13. The van der Waals surface area contributed by atoms with E-state index in [2.05, 4.69) is 0 Å². The Labute approximate surface area is 111 Å². The number of hydrogen-bond donors (Lipinski definition) is 1. The molecule has 1 rings (SSSR count). The molecule has 0 aliphatic rings. The van der Waals surface area contributed by atoms with Gasteiger partial charge in [0.05, 0.1) is 22.9 Å². The van der Waals surface area contributed by atoms with Gasteiger partial charge in [-0.3, -0.25) is 0 Å². The molecule has 0 spiro atoms. The zero-order valence-corrected chi connectivity index (χ0v) is 11.5. The average Bonchev–Trinajstić information content (AvgIpc) is 2.31. The quantitative estimate of drug-likeness (QED) is 0.660. The molecule has 0 aromatic heterocycles. The normalized spacial score (nSPS) is 10.3. The number of thioether (sulfide) groups is 1. The first-order chi connectivity index (χ1) is 8.11. The number of carbonyl (C=O) groups is 1. The number of nitrogens with two attached hydrogens (primary N) is 1. The summed E-state index contributed by atoms with van der Waals surface area (Å²) in [7, 11) is 0. The number of ether oxygens (including phenoxy) is 1. The van der Waals surface area contributed by atoms with Crippen molar-refractivity contribution >= 4 is 35.0 Å². The molecule has 0 atom stereocenters. The van der Waals surface area contributed by atoms with E-state index in [0.29, 0.717) is 28.6 Å². The Hall–Kier alpha value is -0.870. The van der Waals surface area contributed by atoms with Crippen LogP contribution in [0.5, 0.6) is 0 Å². The second kappa shape index (κ2) is 6.77. The molecule has 2 N–H and O–H groups in total. The van der Waals surface area contributed by atoms with E-state index in [0.717, 1.165) is 12.0 Å². The second-order valence-electron chi connectivity index (χ2n) is 3.56. The Morgan fingerprint density at radius 2 is 2.24 bits per heavy atom. The van der Waals surface area contributed by atoms with Crippen molar-refractivity contribution in [3.05, 3.63) is 28.3 Å². The van der Waals surface area contributed by atoms with Gasteiger partial charge in [0.1, 0.15) is 0 Å². The highest BCUT2D eigenvalue weighted by atomic mass is 35.5. The molecule has 94 valence electrons. The first-order valence-corrected chi connectivity index (χ1v) is 7.11. The summed E-state index contributed by atoms with van der Waals surface area (Å²) in [5.41, 5.74) is 7.41. The van der Waals surface area contributed by atoms with Gasteiger partial charge in [-0.1, -0.05) is 24.6 Å². The van der Waals surface area contributed by atoms with E-state index in [4.69, 9.17) is 22.1 Å². The van der Waals surface area contributed by atoms with Crippen molar-refractivity contribution in [1.82, 2.24) is 0 Å². The van der Waals surface area contributed by atoms with Crippen molar-refractivity contribution in [1.29, 1.82) is 0 Å². The summed E-state index contributed by atoms with van der Waals surface area (Å²) in [6.45, 7) is 2.33. The predicted molar refractivity (Wildman–Crippen MR) is 73.7 cm³/mol. The molecule has 5 heteroatoms. The molecule has 1 aromatic rings. The maximum atomic E-state index is 11.9. The van der Waals surface area contributed by atoms with E-state index in [1.165, 1.54) is 0 Å². The van der Waals surface area contributed by atoms with E-state index in [-0.39, 0.29) is 0 Å². The lowest BCUT2D eigenvalue weighted by Crippen LogP contribution is -2.12. The lowest BCUT2D eigenvalue weighted by molar-refractivity contribution is 0.0505. The lowest BCUT2D eigenvalue weighted by atomic mass is 10.1. The molecule has 0 aliphatic carbocycles. The number of esters is 1. The topological polar surface area (TPSA) is 52.3 Å². The van der Waals surface area contributed by atoms with Crippen molar-refractivity contribution in [2.75, 3.05) is 18.6 Å². The molecule has 0 heterocycles. The summed E-state index contributed by atoms with van der Waals surface area (Å²) in [6.07, 6.45) is 2.75. The number of nitrogen functional groups attached to an aromatic ring is 1. The molecule has 0 unspecified atom stereocenters. The van der Waals surface area contributed by atoms with Crippen molar-refractivity contribution in [3.8, 4) is 0 Å². The van der Waals surface area contributed by atoms with Gasteiger partial charge in [-0.2, -0.15) is 11.8 Å². The molecule has 0 saturated carbocycles. The first kappa shape index (κ1) is 14.2. The highest BCUT2D eigenvalue weighted by Gasteiger charge is 2.18. The van der Waals surface area contributed by atoms with Crippen LogP contribution in [0.2, 0.25) is 5.02 Å². The fourth-order valence-electron chi connectivity index (χ4n) is 1.42. The van der Waals surface area contributed by atoms with Crippen molar-refractivity contribution in [2.45, 2.75) is 19.1 Å². The molecule has 0 aliphatic heterocycles. The average molecular weight is 274 g/mol. The van der Waals surface area contributed by atoms with E-state index < -0.39 is 5.97 Å². The van der Waals surface area contributed by atoms with Crippen LogP contribution in [0, 0.1) is 0 Å². The van der Waals surface area contributed by atoms with Gasteiger partial charge in [0.2, 0.25) is 0 Å². The highest BCUT2D eigenvalue weighted by Crippen LogP contribution is 2.28. The number of benzene rings is 1. The third-order valence-electron chi connectivity index (χ3n) is 2.22. The van der Waals surface area contributed by atoms with Gasteiger partial charge in [0.25, 0.3) is 0 Å². The molecule has 0 fully saturated rings. The minimum Gasteiger partial charge on any atom is -0.462 e. The van der Waals surface area contributed by atoms with Crippen LogP contribution >= 0.6 is 23.4 Å². The van der Waals surface area contributed by atoms with Crippen LogP contribution in [0.15, 0.2) is 12.1 Å². The summed E-state index contributed by atoms with van der Waals surface area (Å²) in [6, 6.07) is 3.52. The molecule has 0 saturated heterocycles. The molecule has 0 radical (unpaired) electrons. The highest BCUT2D eigenvalue weighted by molar-refractivity contribution is 7.97. The van der Waals surface area contributed by atoms with Gasteiger partial charge in [0.15, 0.2) is 0 Å². The predicted octanol–water partition coefficient (Wildman–Crippen LogP) is 3.35. The number of rotatable bonds is 5. The Balaban J connectivity index is 3.08. The Kier molecular flexibility index (Phi) is 5.65. The van der Waals surface area contributed by atoms with Gasteiger partial charge in [0, 0.05) is 5.75 Å². The van der Waals surface area contributed by atoms with Crippen molar-refractivity contribution in [3.63, 3.8) is 0 Å². The van der Waals surface area contributed by atoms with Crippen molar-refractivity contribution in [2.24, 2.45) is 0 Å². The van der Waals surface area contributed by atoms with Crippen LogP contribution in [0.3, 0.4) is 0 Å². The van der Waals surface area contributed by atoms with Crippen LogP contribution < -0.4 is 5.73 Å². The fraction of sp³-hybridized carbons (Fsp3) is 0.417. The minimum absolute atomic E-state index is 0.305. The minimum atomic E-state index is -0.393. The van der Waals surface area contributed by atoms with Gasteiger partial charge >= 0.3 is 5.97 Å². The molecule has 0 bridgehead atoms. The lowest BCUT2D eigenvalue weighted by Gasteiger charge is -2.12. The largest absolute Gasteiger partial charge is 0.462 e.